The third-order valence-corrected chi connectivity index (χ3v) is 9.86. The van der Waals surface area contributed by atoms with Crippen LogP contribution in [0.5, 0.6) is 0 Å². The molecule has 0 aliphatic heterocycles. The molecule has 0 bridgehead atoms. The van der Waals surface area contributed by atoms with E-state index in [1.165, 1.54) is 87.7 Å². The minimum absolute atomic E-state index is 0.894. The van der Waals surface area contributed by atoms with Crippen LogP contribution in [0.3, 0.4) is 0 Å². The lowest BCUT2D eigenvalue weighted by atomic mass is 9.80. The molecule has 2 aliphatic carbocycles. The molecule has 0 atom stereocenters. The van der Waals surface area contributed by atoms with Gasteiger partial charge in [0.1, 0.15) is 0 Å². The molecule has 0 heteroatoms. The van der Waals surface area contributed by atoms with Crippen LogP contribution in [-0.4, -0.2) is 0 Å². The molecule has 0 aromatic heterocycles. The predicted octanol–water partition coefficient (Wildman–Crippen LogP) is 10.7. The minimum atomic E-state index is 0.894. The van der Waals surface area contributed by atoms with Gasteiger partial charge in [-0.2, -0.15) is 0 Å². The summed E-state index contributed by atoms with van der Waals surface area (Å²) in [6.45, 7) is 0. The standard InChI is InChI=1S/C49H34/c1-6-19-34(20-7-1)41-32-18-31-40-33-42-44(37-29-16-17-30-37)49(43(35-21-8-2-9-22-35)36-23-10-3-11-24-36)47(39-27-14-5-15-28-39)46(48(42)45(40)41)38-25-12-4-13-26-38/h1-29,31-33H,30H2. The zero-order valence-electron chi connectivity index (χ0n) is 27.2. The number of hydrogen-bond acceptors (Lipinski definition) is 0. The van der Waals surface area contributed by atoms with Gasteiger partial charge < -0.3 is 0 Å². The molecule has 0 saturated heterocycles. The highest BCUT2D eigenvalue weighted by Gasteiger charge is 2.26. The van der Waals surface area contributed by atoms with Crippen molar-refractivity contribution in [2.45, 2.75) is 6.42 Å². The second-order valence-electron chi connectivity index (χ2n) is 12.7. The van der Waals surface area contributed by atoms with Crippen molar-refractivity contribution in [1.82, 2.24) is 0 Å². The Morgan fingerprint density at radius 1 is 0.429 bits per heavy atom. The Morgan fingerprint density at radius 3 is 1.51 bits per heavy atom. The van der Waals surface area contributed by atoms with Crippen molar-refractivity contribution in [2.24, 2.45) is 0 Å². The Morgan fingerprint density at radius 2 is 0.959 bits per heavy atom. The predicted molar refractivity (Wildman–Crippen MR) is 206 cm³/mol. The van der Waals surface area contributed by atoms with Crippen LogP contribution in [0.25, 0.3) is 50.6 Å². The van der Waals surface area contributed by atoms with Crippen LogP contribution in [0.4, 0.5) is 0 Å². The first-order valence-corrected chi connectivity index (χ1v) is 17.1. The number of rotatable bonds is 6. The lowest BCUT2D eigenvalue weighted by Gasteiger charge is -2.23. The fraction of sp³-hybridized carbons (Fsp3) is 0.0204. The van der Waals surface area contributed by atoms with Crippen LogP contribution in [0, 0.1) is 10.4 Å². The van der Waals surface area contributed by atoms with Gasteiger partial charge in [-0.3, -0.25) is 0 Å². The molecule has 7 aromatic rings. The minimum Gasteiger partial charge on any atom is -0.0801 e. The van der Waals surface area contributed by atoms with Gasteiger partial charge in [0.05, 0.1) is 0 Å². The fourth-order valence-electron chi connectivity index (χ4n) is 7.82. The number of hydrogen-bond donors (Lipinski definition) is 0. The van der Waals surface area contributed by atoms with Crippen molar-refractivity contribution in [3.63, 3.8) is 0 Å². The van der Waals surface area contributed by atoms with E-state index in [1.807, 2.05) is 0 Å². The summed E-state index contributed by atoms with van der Waals surface area (Å²) in [5.74, 6) is 0. The summed E-state index contributed by atoms with van der Waals surface area (Å²) in [5.41, 5.74) is 15.1. The van der Waals surface area contributed by atoms with E-state index in [0.717, 1.165) is 6.42 Å². The van der Waals surface area contributed by atoms with Gasteiger partial charge in [-0.05, 0) is 100 Å². The molecule has 230 valence electrons. The third kappa shape index (κ3) is 5.01. The normalized spacial score (nSPS) is 12.6. The number of benzene rings is 7. The second-order valence-corrected chi connectivity index (χ2v) is 12.7. The maximum Gasteiger partial charge on any atom is -0.000518 e. The summed E-state index contributed by atoms with van der Waals surface area (Å²) >= 11 is 0. The molecule has 2 aliphatic rings. The van der Waals surface area contributed by atoms with E-state index in [-0.39, 0.29) is 0 Å². The maximum absolute atomic E-state index is 2.46. The smallest absolute Gasteiger partial charge is 0.000518 e. The molecule has 0 saturated carbocycles. The first kappa shape index (κ1) is 28.9. The molecule has 49 heavy (non-hydrogen) atoms. The summed E-state index contributed by atoms with van der Waals surface area (Å²) < 4.78 is 0. The van der Waals surface area contributed by atoms with Gasteiger partial charge in [0.25, 0.3) is 0 Å². The van der Waals surface area contributed by atoms with E-state index in [2.05, 4.69) is 194 Å². The average Bonchev–Trinajstić information content (AvgIpc) is 3.85. The maximum atomic E-state index is 2.46. The monoisotopic (exact) mass is 622 g/mol. The Hall–Kier alpha value is -6.24. The Labute approximate surface area is 287 Å². The van der Waals surface area contributed by atoms with Crippen molar-refractivity contribution in [3.8, 4) is 33.4 Å². The Balaban J connectivity index is 1.65. The SMILES string of the molecule is C1=CCC(c2c3c(c(-c4ccccc4)c(-c4ccccc4)c2=C(c2ccccc2)c2ccccc2)=c2c(-c4ccccc4)cccc2=C3)=C1. The quantitative estimate of drug-likeness (QED) is 0.173. The Kier molecular flexibility index (Phi) is 7.33. The molecule has 0 fully saturated rings. The van der Waals surface area contributed by atoms with Crippen LogP contribution in [0.15, 0.2) is 188 Å². The summed E-state index contributed by atoms with van der Waals surface area (Å²) in [5, 5.41) is 5.16. The fourth-order valence-corrected chi connectivity index (χ4v) is 7.82. The van der Waals surface area contributed by atoms with Crippen molar-refractivity contribution >= 4 is 17.2 Å². The highest BCUT2D eigenvalue weighted by Crippen LogP contribution is 2.40. The summed E-state index contributed by atoms with van der Waals surface area (Å²) in [6.07, 6.45) is 10.2. The van der Waals surface area contributed by atoms with Crippen molar-refractivity contribution in [3.05, 3.63) is 231 Å². The Bertz CT molecular complexity index is 2570. The molecule has 0 nitrogen and oxygen atoms in total. The summed E-state index contributed by atoms with van der Waals surface area (Å²) in [4.78, 5) is 0. The van der Waals surface area contributed by atoms with Gasteiger partial charge in [-0.15, -0.1) is 0 Å². The van der Waals surface area contributed by atoms with Gasteiger partial charge in [-0.25, -0.2) is 0 Å². The zero-order valence-corrected chi connectivity index (χ0v) is 27.2. The first-order valence-electron chi connectivity index (χ1n) is 17.1. The van der Waals surface area contributed by atoms with Crippen LogP contribution >= 0.6 is 0 Å². The molecule has 0 radical (unpaired) electrons. The van der Waals surface area contributed by atoms with Gasteiger partial charge in [-0.1, -0.05) is 188 Å². The van der Waals surface area contributed by atoms with E-state index in [0.29, 0.717) is 0 Å². The lowest BCUT2D eigenvalue weighted by molar-refractivity contribution is 1.35. The van der Waals surface area contributed by atoms with Gasteiger partial charge in [0, 0.05) is 0 Å². The number of allylic oxidation sites excluding steroid dienone is 4. The van der Waals surface area contributed by atoms with E-state index >= 15 is 0 Å². The van der Waals surface area contributed by atoms with Gasteiger partial charge in [0.2, 0.25) is 0 Å². The average molecular weight is 623 g/mol. The van der Waals surface area contributed by atoms with Crippen LogP contribution in [0.2, 0.25) is 0 Å². The first-order chi connectivity index (χ1) is 24.4. The molecule has 0 amide bonds. The zero-order chi connectivity index (χ0) is 32.6. The van der Waals surface area contributed by atoms with Crippen LogP contribution < -0.4 is 10.4 Å². The molecule has 0 spiro atoms. The lowest BCUT2D eigenvalue weighted by Crippen LogP contribution is -2.21. The molecule has 0 heterocycles. The largest absolute Gasteiger partial charge is 0.0801 e. The van der Waals surface area contributed by atoms with Crippen LogP contribution in [-0.2, 0) is 0 Å². The second kappa shape index (κ2) is 12.4. The molecule has 0 N–H and O–H groups in total. The highest BCUT2D eigenvalue weighted by molar-refractivity contribution is 5.97. The van der Waals surface area contributed by atoms with E-state index in [4.69, 9.17) is 0 Å². The third-order valence-electron chi connectivity index (χ3n) is 9.86. The molecule has 9 rings (SSSR count). The molecular formula is C49H34. The summed E-state index contributed by atoms with van der Waals surface area (Å²) in [6, 6.07) is 61.7. The number of fused-ring (bicyclic) bond motifs is 2. The molecular weight excluding hydrogens is 589 g/mol. The van der Waals surface area contributed by atoms with Crippen LogP contribution in [0.1, 0.15) is 28.7 Å². The molecule has 7 aromatic carbocycles. The van der Waals surface area contributed by atoms with Crippen molar-refractivity contribution < 1.29 is 0 Å². The van der Waals surface area contributed by atoms with Gasteiger partial charge in [0.15, 0.2) is 0 Å². The van der Waals surface area contributed by atoms with Crippen molar-refractivity contribution in [1.29, 1.82) is 0 Å². The van der Waals surface area contributed by atoms with Crippen molar-refractivity contribution in [2.75, 3.05) is 0 Å². The van der Waals surface area contributed by atoms with Gasteiger partial charge >= 0.3 is 0 Å². The van der Waals surface area contributed by atoms with E-state index in [9.17, 15) is 0 Å². The van der Waals surface area contributed by atoms with E-state index in [1.54, 1.807) is 0 Å². The van der Waals surface area contributed by atoms with E-state index < -0.39 is 0 Å². The highest BCUT2D eigenvalue weighted by atomic mass is 14.3. The molecule has 0 unspecified atom stereocenters. The summed E-state index contributed by atoms with van der Waals surface area (Å²) in [7, 11) is 0. The topological polar surface area (TPSA) is 0 Å².